The minimum atomic E-state index is -0.310. The number of ether oxygens (including phenoxy) is 1. The highest BCUT2D eigenvalue weighted by atomic mass is 127. The molecule has 0 spiro atoms. The summed E-state index contributed by atoms with van der Waals surface area (Å²) in [6.45, 7) is 0.488. The molecule has 0 aliphatic rings. The molecule has 1 rings (SSSR count). The molecule has 6 heteroatoms. The van der Waals surface area contributed by atoms with Gasteiger partial charge in [0.25, 0.3) is 0 Å². The second-order valence-electron chi connectivity index (χ2n) is 3.18. The van der Waals surface area contributed by atoms with Gasteiger partial charge in [0.15, 0.2) is 5.96 Å². The van der Waals surface area contributed by atoms with Crippen LogP contribution in [0.2, 0.25) is 0 Å². The fraction of sp³-hybridized carbons (Fsp3) is 0.364. The maximum Gasteiger partial charge on any atom is 0.190 e. The SMILES string of the molecule is CN=C(NC)NCc1cc(F)cc(OC)c1.I. The molecule has 0 atom stereocenters. The summed E-state index contributed by atoms with van der Waals surface area (Å²) in [6, 6.07) is 4.58. The maximum absolute atomic E-state index is 13.1. The first kappa shape index (κ1) is 16.0. The lowest BCUT2D eigenvalue weighted by Crippen LogP contribution is -2.34. The molecule has 0 saturated carbocycles. The van der Waals surface area contributed by atoms with Crippen LogP contribution in [0.1, 0.15) is 5.56 Å². The molecule has 0 fully saturated rings. The van der Waals surface area contributed by atoms with Crippen LogP contribution < -0.4 is 15.4 Å². The number of guanidine groups is 1. The minimum absolute atomic E-state index is 0. The second kappa shape index (κ2) is 8.10. The summed E-state index contributed by atoms with van der Waals surface area (Å²) in [6.07, 6.45) is 0. The molecule has 0 heterocycles. The van der Waals surface area contributed by atoms with E-state index in [-0.39, 0.29) is 29.8 Å². The number of halogens is 2. The van der Waals surface area contributed by atoms with Gasteiger partial charge in [0.05, 0.1) is 7.11 Å². The largest absolute Gasteiger partial charge is 0.497 e. The van der Waals surface area contributed by atoms with Crippen LogP contribution in [0.25, 0.3) is 0 Å². The third kappa shape index (κ3) is 5.20. The number of methoxy groups -OCH3 is 1. The normalized spacial score (nSPS) is 10.5. The molecule has 17 heavy (non-hydrogen) atoms. The third-order valence-corrected chi connectivity index (χ3v) is 2.09. The van der Waals surface area contributed by atoms with Crippen LogP contribution in [0.5, 0.6) is 5.75 Å². The van der Waals surface area contributed by atoms with Crippen molar-refractivity contribution in [1.29, 1.82) is 0 Å². The minimum Gasteiger partial charge on any atom is -0.497 e. The van der Waals surface area contributed by atoms with Crippen molar-refractivity contribution < 1.29 is 9.13 Å². The molecular formula is C11H17FIN3O. The first-order valence-corrected chi connectivity index (χ1v) is 4.91. The van der Waals surface area contributed by atoms with E-state index in [0.717, 1.165) is 5.56 Å². The van der Waals surface area contributed by atoms with Crippen molar-refractivity contribution in [3.8, 4) is 5.75 Å². The second-order valence-corrected chi connectivity index (χ2v) is 3.18. The van der Waals surface area contributed by atoms with Gasteiger partial charge in [-0.3, -0.25) is 4.99 Å². The topological polar surface area (TPSA) is 45.7 Å². The van der Waals surface area contributed by atoms with Crippen LogP contribution in [-0.4, -0.2) is 27.2 Å². The molecule has 0 bridgehead atoms. The molecular weight excluding hydrogens is 336 g/mol. The van der Waals surface area contributed by atoms with Gasteiger partial charge in [-0.25, -0.2) is 4.39 Å². The number of hydrogen-bond donors (Lipinski definition) is 2. The fourth-order valence-electron chi connectivity index (χ4n) is 1.31. The highest BCUT2D eigenvalue weighted by molar-refractivity contribution is 14.0. The monoisotopic (exact) mass is 353 g/mol. The Morgan fingerprint density at radius 1 is 1.41 bits per heavy atom. The van der Waals surface area contributed by atoms with Crippen molar-refractivity contribution >= 4 is 29.9 Å². The van der Waals surface area contributed by atoms with E-state index in [0.29, 0.717) is 18.3 Å². The van der Waals surface area contributed by atoms with Crippen molar-refractivity contribution in [2.24, 2.45) is 4.99 Å². The lowest BCUT2D eigenvalue weighted by Gasteiger charge is -2.09. The van der Waals surface area contributed by atoms with E-state index in [9.17, 15) is 4.39 Å². The van der Waals surface area contributed by atoms with Crippen molar-refractivity contribution in [2.75, 3.05) is 21.2 Å². The molecule has 96 valence electrons. The average Bonchev–Trinajstić information content (AvgIpc) is 2.29. The van der Waals surface area contributed by atoms with E-state index in [1.165, 1.54) is 19.2 Å². The van der Waals surface area contributed by atoms with E-state index < -0.39 is 0 Å². The predicted octanol–water partition coefficient (Wildman–Crippen LogP) is 1.75. The summed E-state index contributed by atoms with van der Waals surface area (Å²) in [5.41, 5.74) is 0.799. The predicted molar refractivity (Wildman–Crippen MR) is 77.6 cm³/mol. The van der Waals surface area contributed by atoms with Gasteiger partial charge in [-0.2, -0.15) is 0 Å². The number of nitrogens with zero attached hydrogens (tertiary/aromatic N) is 1. The smallest absolute Gasteiger partial charge is 0.190 e. The first-order valence-electron chi connectivity index (χ1n) is 4.91. The van der Waals surface area contributed by atoms with E-state index >= 15 is 0 Å². The Hall–Kier alpha value is -1.05. The summed E-state index contributed by atoms with van der Waals surface area (Å²) in [5.74, 6) is 0.857. The van der Waals surface area contributed by atoms with Gasteiger partial charge >= 0.3 is 0 Å². The van der Waals surface area contributed by atoms with Crippen LogP contribution >= 0.6 is 24.0 Å². The van der Waals surface area contributed by atoms with Crippen molar-refractivity contribution in [2.45, 2.75) is 6.54 Å². The summed E-state index contributed by atoms with van der Waals surface area (Å²) >= 11 is 0. The lowest BCUT2D eigenvalue weighted by atomic mass is 10.2. The molecule has 0 aliphatic heterocycles. The fourth-order valence-corrected chi connectivity index (χ4v) is 1.31. The molecule has 0 aliphatic carbocycles. The van der Waals surface area contributed by atoms with Crippen molar-refractivity contribution in [3.05, 3.63) is 29.6 Å². The summed E-state index contributed by atoms with van der Waals surface area (Å²) in [7, 11) is 4.95. The van der Waals surface area contributed by atoms with E-state index in [2.05, 4.69) is 15.6 Å². The highest BCUT2D eigenvalue weighted by Crippen LogP contribution is 2.15. The summed E-state index contributed by atoms with van der Waals surface area (Å²) in [5, 5.41) is 5.91. The Morgan fingerprint density at radius 2 is 2.12 bits per heavy atom. The lowest BCUT2D eigenvalue weighted by molar-refractivity contribution is 0.410. The van der Waals surface area contributed by atoms with Gasteiger partial charge in [0.2, 0.25) is 0 Å². The average molecular weight is 353 g/mol. The standard InChI is InChI=1S/C11H16FN3O.HI/c1-13-11(14-2)15-7-8-4-9(12)6-10(5-8)16-3;/h4-6H,7H2,1-3H3,(H2,13,14,15);1H. The van der Waals surface area contributed by atoms with Crippen LogP contribution in [0.15, 0.2) is 23.2 Å². The van der Waals surface area contributed by atoms with Crippen LogP contribution in [0.4, 0.5) is 4.39 Å². The van der Waals surface area contributed by atoms with Gasteiger partial charge in [0, 0.05) is 26.7 Å². The third-order valence-electron chi connectivity index (χ3n) is 2.09. The first-order chi connectivity index (χ1) is 7.69. The quantitative estimate of drug-likeness (QED) is 0.495. The van der Waals surface area contributed by atoms with Crippen LogP contribution in [-0.2, 0) is 6.54 Å². The number of hydrogen-bond acceptors (Lipinski definition) is 2. The van der Waals surface area contributed by atoms with Crippen LogP contribution in [0, 0.1) is 5.82 Å². The molecule has 0 amide bonds. The number of benzene rings is 1. The Kier molecular flexibility index (Phi) is 7.60. The Bertz CT molecular complexity index is 385. The number of nitrogens with one attached hydrogen (secondary N) is 2. The van der Waals surface area contributed by atoms with E-state index in [1.807, 2.05) is 0 Å². The van der Waals surface area contributed by atoms with Gasteiger partial charge in [-0.15, -0.1) is 24.0 Å². The molecule has 1 aromatic carbocycles. The van der Waals surface area contributed by atoms with Gasteiger partial charge in [-0.1, -0.05) is 0 Å². The van der Waals surface area contributed by atoms with Gasteiger partial charge in [0.1, 0.15) is 11.6 Å². The zero-order valence-corrected chi connectivity index (χ0v) is 12.4. The Balaban J connectivity index is 0.00000256. The molecule has 4 nitrogen and oxygen atoms in total. The van der Waals surface area contributed by atoms with Crippen molar-refractivity contribution in [1.82, 2.24) is 10.6 Å². The number of aliphatic imine (C=N–C) groups is 1. The zero-order valence-electron chi connectivity index (χ0n) is 10.1. The zero-order chi connectivity index (χ0) is 12.0. The molecule has 0 unspecified atom stereocenters. The Morgan fingerprint density at radius 3 is 2.65 bits per heavy atom. The molecule has 2 N–H and O–H groups in total. The molecule has 0 saturated heterocycles. The maximum atomic E-state index is 13.1. The number of rotatable bonds is 3. The molecule has 0 aromatic heterocycles. The highest BCUT2D eigenvalue weighted by Gasteiger charge is 2.01. The van der Waals surface area contributed by atoms with E-state index in [4.69, 9.17) is 4.74 Å². The van der Waals surface area contributed by atoms with Crippen LogP contribution in [0.3, 0.4) is 0 Å². The Labute approximate surface area is 118 Å². The van der Waals surface area contributed by atoms with Gasteiger partial charge in [-0.05, 0) is 17.7 Å². The summed E-state index contributed by atoms with van der Waals surface area (Å²) < 4.78 is 18.1. The van der Waals surface area contributed by atoms with Crippen molar-refractivity contribution in [3.63, 3.8) is 0 Å². The molecule has 0 radical (unpaired) electrons. The van der Waals surface area contributed by atoms with Gasteiger partial charge < -0.3 is 15.4 Å². The molecule has 1 aromatic rings. The van der Waals surface area contributed by atoms with E-state index in [1.54, 1.807) is 20.2 Å². The summed E-state index contributed by atoms with van der Waals surface area (Å²) in [4.78, 5) is 3.96.